The summed E-state index contributed by atoms with van der Waals surface area (Å²) in [4.78, 5) is 11.1. The third-order valence-electron chi connectivity index (χ3n) is 1.51. The predicted molar refractivity (Wildman–Crippen MR) is 52.4 cm³/mol. The van der Waals surface area contributed by atoms with E-state index in [4.69, 9.17) is 8.85 Å². The maximum atomic E-state index is 11.1. The molecule has 0 heterocycles. The molecule has 5 heteroatoms. The zero-order chi connectivity index (χ0) is 8.97. The molecule has 1 rings (SSSR count). The number of benzene rings is 1. The van der Waals surface area contributed by atoms with Crippen molar-refractivity contribution in [1.82, 2.24) is 0 Å². The van der Waals surface area contributed by atoms with Gasteiger partial charge in [-0.15, -0.1) is 0 Å². The van der Waals surface area contributed by atoms with Crippen molar-refractivity contribution in [2.24, 2.45) is 0 Å². The van der Waals surface area contributed by atoms with Crippen molar-refractivity contribution >= 4 is 26.9 Å². The van der Waals surface area contributed by atoms with Crippen LogP contribution in [0.5, 0.6) is 5.75 Å². The number of carbonyl (C=O) groups is 1. The van der Waals surface area contributed by atoms with E-state index in [1.807, 2.05) is 6.07 Å². The highest BCUT2D eigenvalue weighted by atomic mass is 28.2. The van der Waals surface area contributed by atoms with Crippen molar-refractivity contribution in [3.8, 4) is 5.75 Å². The van der Waals surface area contributed by atoms with Gasteiger partial charge in [-0.1, -0.05) is 12.1 Å². The summed E-state index contributed by atoms with van der Waals surface area (Å²) < 4.78 is 9.84. The molecule has 0 radical (unpaired) electrons. The Morgan fingerprint density at radius 1 is 1.25 bits per heavy atom. The summed E-state index contributed by atoms with van der Waals surface area (Å²) in [5, 5.41) is 0. The van der Waals surface area contributed by atoms with Crippen LogP contribution in [-0.2, 0) is 4.43 Å². The first-order valence-corrected chi connectivity index (χ1v) is 5.14. The second kappa shape index (κ2) is 4.08. The second-order valence-corrected chi connectivity index (χ2v) is 3.01. The first-order chi connectivity index (χ1) is 5.79. The third-order valence-corrected chi connectivity index (χ3v) is 2.32. The Kier molecular flexibility index (Phi) is 3.06. The lowest BCUT2D eigenvalue weighted by atomic mass is 10.2. The van der Waals surface area contributed by atoms with Gasteiger partial charge in [-0.3, -0.25) is 0 Å². The van der Waals surface area contributed by atoms with Gasteiger partial charge in [0.05, 0.1) is 5.56 Å². The van der Waals surface area contributed by atoms with E-state index in [1.54, 1.807) is 18.2 Å². The Balaban J connectivity index is 3.04. The maximum Gasteiger partial charge on any atom is 0.327 e. The minimum absolute atomic E-state index is 0.298. The van der Waals surface area contributed by atoms with Gasteiger partial charge in [0.1, 0.15) is 5.75 Å². The lowest BCUT2D eigenvalue weighted by Crippen LogP contribution is -2.04. The van der Waals surface area contributed by atoms with E-state index in [-0.39, 0.29) is 5.97 Å². The van der Waals surface area contributed by atoms with E-state index in [0.717, 1.165) is 0 Å². The van der Waals surface area contributed by atoms with E-state index in [9.17, 15) is 4.79 Å². The van der Waals surface area contributed by atoms with Crippen LogP contribution in [-0.4, -0.2) is 26.9 Å². The van der Waals surface area contributed by atoms with E-state index < -0.39 is 0 Å². The topological polar surface area (TPSA) is 35.5 Å². The fraction of sp³-hybridized carbons (Fsp3) is 0. The molecule has 1 aromatic carbocycles. The van der Waals surface area contributed by atoms with Crippen LogP contribution in [0.1, 0.15) is 10.4 Å². The number of para-hydroxylation sites is 1. The Labute approximate surface area is 76.8 Å². The molecule has 12 heavy (non-hydrogen) atoms. The van der Waals surface area contributed by atoms with Crippen molar-refractivity contribution < 1.29 is 13.6 Å². The molecule has 0 fully saturated rings. The predicted octanol–water partition coefficient (Wildman–Crippen LogP) is -1.22. The van der Waals surface area contributed by atoms with E-state index in [2.05, 4.69) is 0 Å². The molecular weight excluding hydrogens is 188 g/mol. The number of hydrogen-bond donors (Lipinski definition) is 0. The van der Waals surface area contributed by atoms with Gasteiger partial charge in [-0.2, -0.15) is 0 Å². The van der Waals surface area contributed by atoms with Crippen LogP contribution in [0.4, 0.5) is 0 Å². The molecule has 0 aliphatic carbocycles. The summed E-state index contributed by atoms with van der Waals surface area (Å²) in [5.41, 5.74) is 0.516. The first-order valence-electron chi connectivity index (χ1n) is 3.51. The van der Waals surface area contributed by atoms with Gasteiger partial charge >= 0.3 is 5.97 Å². The third kappa shape index (κ3) is 1.74. The highest BCUT2D eigenvalue weighted by Gasteiger charge is 2.09. The lowest BCUT2D eigenvalue weighted by Gasteiger charge is -2.06. The fourth-order valence-electron chi connectivity index (χ4n) is 0.923. The molecule has 0 saturated carbocycles. The lowest BCUT2D eigenvalue weighted by molar-refractivity contribution is 0.0748. The Hall–Kier alpha value is -1.08. The molecule has 0 atom stereocenters. The minimum atomic E-state index is -0.298. The largest absolute Gasteiger partial charge is 0.553 e. The van der Waals surface area contributed by atoms with Crippen LogP contribution in [0, 0.1) is 0 Å². The molecule has 0 aromatic heterocycles. The van der Waals surface area contributed by atoms with Crippen LogP contribution in [0.2, 0.25) is 0 Å². The SMILES string of the molecule is O=C(O[SiH3])c1ccccc1O[SiH3]. The molecule has 64 valence electrons. The molecule has 0 aliphatic heterocycles. The van der Waals surface area contributed by atoms with Gasteiger partial charge in [-0.05, 0) is 12.1 Å². The second-order valence-electron chi connectivity index (χ2n) is 2.19. The van der Waals surface area contributed by atoms with Crippen molar-refractivity contribution in [2.45, 2.75) is 0 Å². The van der Waals surface area contributed by atoms with Gasteiger partial charge in [-0.25, -0.2) is 4.79 Å². The van der Waals surface area contributed by atoms with E-state index in [0.29, 0.717) is 32.3 Å². The summed E-state index contributed by atoms with van der Waals surface area (Å²) in [5.74, 6) is 0.318. The quantitative estimate of drug-likeness (QED) is 0.559. The van der Waals surface area contributed by atoms with Crippen molar-refractivity contribution in [3.63, 3.8) is 0 Å². The fourth-order valence-corrected chi connectivity index (χ4v) is 1.50. The zero-order valence-corrected chi connectivity index (χ0v) is 11.0. The van der Waals surface area contributed by atoms with Crippen LogP contribution in [0.25, 0.3) is 0 Å². The average Bonchev–Trinajstić information content (AvgIpc) is 2.16. The van der Waals surface area contributed by atoms with E-state index >= 15 is 0 Å². The molecule has 0 N–H and O–H groups in total. The summed E-state index contributed by atoms with van der Waals surface area (Å²) in [6.07, 6.45) is 0. The van der Waals surface area contributed by atoms with Crippen LogP contribution in [0.15, 0.2) is 24.3 Å². The maximum absolute atomic E-state index is 11.1. The molecule has 1 aromatic rings. The molecular formula is C7H10O3Si2. The Bertz CT molecular complexity index is 288. The smallest absolute Gasteiger partial charge is 0.327 e. The molecule has 0 spiro atoms. The average molecular weight is 198 g/mol. The van der Waals surface area contributed by atoms with Gasteiger partial charge in [0.15, 0.2) is 0 Å². The van der Waals surface area contributed by atoms with Crippen molar-refractivity contribution in [1.29, 1.82) is 0 Å². The normalized spacial score (nSPS) is 9.67. The van der Waals surface area contributed by atoms with Crippen LogP contribution >= 0.6 is 0 Å². The van der Waals surface area contributed by atoms with Gasteiger partial charge < -0.3 is 8.85 Å². The van der Waals surface area contributed by atoms with Gasteiger partial charge in [0.25, 0.3) is 0 Å². The number of rotatable bonds is 2. The number of carbonyl (C=O) groups excluding carboxylic acids is 1. The molecule has 3 nitrogen and oxygen atoms in total. The molecule has 0 aliphatic rings. The summed E-state index contributed by atoms with van der Waals surface area (Å²) >= 11 is 0. The monoisotopic (exact) mass is 198 g/mol. The van der Waals surface area contributed by atoms with Gasteiger partial charge in [0.2, 0.25) is 21.0 Å². The molecule has 0 saturated heterocycles. The Morgan fingerprint density at radius 3 is 2.50 bits per heavy atom. The molecule has 0 amide bonds. The highest BCUT2D eigenvalue weighted by molar-refractivity contribution is 6.10. The Morgan fingerprint density at radius 2 is 1.92 bits per heavy atom. The van der Waals surface area contributed by atoms with Crippen molar-refractivity contribution in [3.05, 3.63) is 29.8 Å². The van der Waals surface area contributed by atoms with E-state index in [1.165, 1.54) is 0 Å². The van der Waals surface area contributed by atoms with Crippen molar-refractivity contribution in [2.75, 3.05) is 0 Å². The minimum Gasteiger partial charge on any atom is -0.553 e. The summed E-state index contributed by atoms with van der Waals surface area (Å²) in [7, 11) is 0.991. The van der Waals surface area contributed by atoms with Crippen LogP contribution in [0.3, 0.4) is 0 Å². The van der Waals surface area contributed by atoms with Crippen LogP contribution < -0.4 is 4.43 Å². The molecule has 0 unspecified atom stereocenters. The standard InChI is InChI=1S/C7H10O3Si2/c8-7(10-12)5-3-1-2-4-6(5)9-11/h1-4H,11-12H3. The summed E-state index contributed by atoms with van der Waals surface area (Å²) in [6.45, 7) is 0. The first kappa shape index (κ1) is 9.02. The summed E-state index contributed by atoms with van der Waals surface area (Å²) in [6, 6.07) is 7.09. The highest BCUT2D eigenvalue weighted by Crippen LogP contribution is 2.17. The zero-order valence-electron chi connectivity index (χ0n) is 7.03. The molecule has 0 bridgehead atoms. The number of hydrogen-bond acceptors (Lipinski definition) is 3. The van der Waals surface area contributed by atoms with Gasteiger partial charge in [0, 0.05) is 0 Å².